The second kappa shape index (κ2) is 16.1. The van der Waals surface area contributed by atoms with Crippen LogP contribution >= 0.6 is 0 Å². The fourth-order valence-corrected chi connectivity index (χ4v) is 9.02. The molecular formula is C38H49F3N6O10S. The second-order valence-electron chi connectivity index (χ2n) is 16.3. The number of benzene rings is 1. The van der Waals surface area contributed by atoms with Gasteiger partial charge in [0, 0.05) is 31.4 Å². The lowest BCUT2D eigenvalue weighted by Crippen LogP contribution is -2.59. The molecule has 0 bridgehead atoms. The van der Waals surface area contributed by atoms with Gasteiger partial charge in [-0.25, -0.2) is 23.2 Å². The maximum Gasteiger partial charge on any atom is 0.438 e. The number of nitrogens with zero attached hydrogens (tertiary/aromatic N) is 3. The van der Waals surface area contributed by atoms with Crippen LogP contribution in [0.5, 0.6) is 11.6 Å². The van der Waals surface area contributed by atoms with E-state index in [1.54, 1.807) is 19.9 Å². The van der Waals surface area contributed by atoms with Gasteiger partial charge in [0.2, 0.25) is 33.4 Å². The molecule has 4 amide bonds. The Morgan fingerprint density at radius 2 is 1.86 bits per heavy atom. The zero-order valence-electron chi connectivity index (χ0n) is 32.8. The number of methoxy groups -OCH3 is 1. The van der Waals surface area contributed by atoms with Crippen molar-refractivity contribution in [3.63, 3.8) is 0 Å². The van der Waals surface area contributed by atoms with Crippen molar-refractivity contribution >= 4 is 44.9 Å². The van der Waals surface area contributed by atoms with Crippen molar-refractivity contribution in [1.29, 1.82) is 0 Å². The number of carboxylic acid groups (broad SMARTS) is 1. The van der Waals surface area contributed by atoms with Gasteiger partial charge in [-0.1, -0.05) is 19.1 Å². The fourth-order valence-electron chi connectivity index (χ4n) is 7.71. The second-order valence-corrected chi connectivity index (χ2v) is 18.5. The number of aromatic nitrogens is 2. The molecule has 0 radical (unpaired) electrons. The summed E-state index contributed by atoms with van der Waals surface area (Å²) in [5.41, 5.74) is -3.27. The van der Waals surface area contributed by atoms with Crippen LogP contribution in [0.15, 0.2) is 30.4 Å². The number of amides is 4. The molecule has 4 aliphatic rings. The van der Waals surface area contributed by atoms with E-state index in [2.05, 4.69) is 25.3 Å². The normalized spacial score (nSPS) is 28.7. The van der Waals surface area contributed by atoms with Crippen molar-refractivity contribution < 1.29 is 60.1 Å². The number of rotatable bonds is 10. The average Bonchev–Trinajstić information content (AvgIpc) is 4.01. The van der Waals surface area contributed by atoms with Crippen LogP contribution in [0.4, 0.5) is 18.0 Å². The summed E-state index contributed by atoms with van der Waals surface area (Å²) in [5.74, 6) is -4.77. The molecule has 7 atom stereocenters. The van der Waals surface area contributed by atoms with E-state index in [0.717, 1.165) is 4.90 Å². The molecule has 1 aromatic heterocycles. The van der Waals surface area contributed by atoms with Gasteiger partial charge in [-0.3, -0.25) is 19.1 Å². The summed E-state index contributed by atoms with van der Waals surface area (Å²) >= 11 is 0. The summed E-state index contributed by atoms with van der Waals surface area (Å²) in [4.78, 5) is 64.0. The minimum atomic E-state index is -5.04. The largest absolute Gasteiger partial charge is 0.491 e. The van der Waals surface area contributed by atoms with Crippen LogP contribution in [0.25, 0.3) is 11.0 Å². The number of carbonyl (C=O) groups is 4. The Bertz CT molecular complexity index is 2080. The zero-order valence-corrected chi connectivity index (χ0v) is 33.6. The van der Waals surface area contributed by atoms with Crippen molar-refractivity contribution in [3.05, 3.63) is 36.0 Å². The first kappa shape index (κ1) is 42.9. The molecule has 2 aliphatic heterocycles. The molecule has 0 spiro atoms. The molecule has 318 valence electrons. The van der Waals surface area contributed by atoms with Crippen molar-refractivity contribution in [3.8, 4) is 11.6 Å². The third-order valence-electron chi connectivity index (χ3n) is 11.3. The van der Waals surface area contributed by atoms with E-state index in [-0.39, 0.29) is 36.1 Å². The molecule has 4 N–H and O–H groups in total. The van der Waals surface area contributed by atoms with Crippen molar-refractivity contribution in [2.75, 3.05) is 20.3 Å². The zero-order chi connectivity index (χ0) is 42.4. The first-order valence-corrected chi connectivity index (χ1v) is 20.7. The highest BCUT2D eigenvalue weighted by Gasteiger charge is 2.63. The van der Waals surface area contributed by atoms with Gasteiger partial charge in [0.15, 0.2) is 0 Å². The van der Waals surface area contributed by atoms with Gasteiger partial charge in [0.05, 0.1) is 35.0 Å². The Balaban J connectivity index is 1.39. The van der Waals surface area contributed by atoms with Gasteiger partial charge in [-0.2, -0.15) is 13.2 Å². The topological polar surface area (TPSA) is 215 Å². The molecule has 3 fully saturated rings. The highest BCUT2D eigenvalue weighted by molar-refractivity contribution is 7.91. The van der Waals surface area contributed by atoms with Crippen molar-refractivity contribution in [2.45, 2.75) is 113 Å². The van der Waals surface area contributed by atoms with Gasteiger partial charge in [0.25, 0.3) is 5.91 Å². The van der Waals surface area contributed by atoms with Crippen LogP contribution in [0, 0.1) is 17.8 Å². The summed E-state index contributed by atoms with van der Waals surface area (Å²) in [7, 11) is -2.73. The van der Waals surface area contributed by atoms with Gasteiger partial charge in [-0.05, 0) is 77.3 Å². The molecule has 1 saturated heterocycles. The Hall–Kier alpha value is -4.72. The molecule has 58 heavy (non-hydrogen) atoms. The predicted molar refractivity (Wildman–Crippen MR) is 201 cm³/mol. The van der Waals surface area contributed by atoms with Crippen LogP contribution in [-0.2, 0) is 35.3 Å². The lowest BCUT2D eigenvalue weighted by molar-refractivity contribution is -0.143. The van der Waals surface area contributed by atoms with Crippen LogP contribution in [-0.4, -0.2) is 107 Å². The highest BCUT2D eigenvalue weighted by atomic mass is 32.2. The minimum Gasteiger partial charge on any atom is -0.491 e. The molecule has 2 aromatic rings. The first-order chi connectivity index (χ1) is 27.2. The van der Waals surface area contributed by atoms with Crippen molar-refractivity contribution in [1.82, 2.24) is 30.2 Å². The third kappa shape index (κ3) is 9.11. The fraction of sp³-hybridized carbons (Fsp3) is 0.632. The SMILES string of the molecule is COC[C@@H]1C[C@H](C)CCC=C[C@@H]2C[C@@]2(C(=O)NS(=O)(=O)C2(C)CC2)NC(=O)[C@@H]2C[C@@H](Oc3nc4cc(OC(C)C)ccc4nc3C(F)(F)F)CN2C(=O)[C@H]1NC(=O)O. The van der Waals surface area contributed by atoms with E-state index in [1.165, 1.54) is 32.2 Å². The number of sulfonamides is 1. The number of halogens is 3. The van der Waals surface area contributed by atoms with Gasteiger partial charge in [-0.15, -0.1) is 0 Å². The Labute approximate surface area is 333 Å². The Morgan fingerprint density at radius 1 is 1.14 bits per heavy atom. The lowest BCUT2D eigenvalue weighted by Gasteiger charge is -2.33. The number of allylic oxidation sites excluding steroid dienone is 1. The van der Waals surface area contributed by atoms with E-state index in [4.69, 9.17) is 14.2 Å². The van der Waals surface area contributed by atoms with Crippen LogP contribution < -0.4 is 24.8 Å². The number of carbonyl (C=O) groups excluding carboxylic acids is 3. The van der Waals surface area contributed by atoms with Gasteiger partial charge >= 0.3 is 12.3 Å². The van der Waals surface area contributed by atoms with Gasteiger partial charge in [0.1, 0.15) is 29.5 Å². The van der Waals surface area contributed by atoms with E-state index in [9.17, 15) is 45.9 Å². The molecule has 6 rings (SSSR count). The number of ether oxygens (including phenoxy) is 3. The number of fused-ring (bicyclic) bond motifs is 3. The van der Waals surface area contributed by atoms with Gasteiger partial charge < -0.3 is 34.9 Å². The average molecular weight is 839 g/mol. The highest BCUT2D eigenvalue weighted by Crippen LogP contribution is 2.48. The quantitative estimate of drug-likeness (QED) is 0.251. The smallest absolute Gasteiger partial charge is 0.438 e. The third-order valence-corrected chi connectivity index (χ3v) is 13.4. The number of alkyl halides is 3. The monoisotopic (exact) mass is 838 g/mol. The lowest BCUT2D eigenvalue weighted by atomic mass is 9.87. The molecule has 0 unspecified atom stereocenters. The summed E-state index contributed by atoms with van der Waals surface area (Å²) in [6, 6.07) is 1.21. The molecular weight excluding hydrogens is 790 g/mol. The van der Waals surface area contributed by atoms with Crippen molar-refractivity contribution in [2.24, 2.45) is 17.8 Å². The Morgan fingerprint density at radius 3 is 2.50 bits per heavy atom. The standard InChI is InChI=1S/C38H49F3N6O10S/c1-20(2)56-24-10-11-26-27(15-24)43-32(30(42-26)38(39,40)41)57-25-16-28-31(48)45-37(34(50)46-58(53,54)36(4)12-13-36)17-23(37)9-7-6-8-21(3)14-22(19-55-5)29(44-35(51)52)33(49)47(28)18-25/h7,9-11,15,20-23,25,28-29,44H,6,8,12-14,16-19H2,1-5H3,(H,45,48)(H,46,50)(H,51,52)/t21-,22+,23-,25-,28+,29+,37-/m1/s1. The number of nitrogens with one attached hydrogen (secondary N) is 3. The molecule has 2 saturated carbocycles. The van der Waals surface area contributed by atoms with Crippen LogP contribution in [0.2, 0.25) is 0 Å². The number of hydrogen-bond donors (Lipinski definition) is 4. The molecule has 2 aliphatic carbocycles. The molecule has 3 heterocycles. The maximum atomic E-state index is 14.6. The first-order valence-electron chi connectivity index (χ1n) is 19.2. The molecule has 20 heteroatoms. The summed E-state index contributed by atoms with van der Waals surface area (Å²) < 4.78 is 87.7. The molecule has 16 nitrogen and oxygen atoms in total. The van der Waals surface area contributed by atoms with Crippen LogP contribution in [0.3, 0.4) is 0 Å². The summed E-state index contributed by atoms with van der Waals surface area (Å²) in [5, 5.41) is 14.8. The summed E-state index contributed by atoms with van der Waals surface area (Å²) in [6.45, 7) is 6.42. The Kier molecular flexibility index (Phi) is 11.9. The van der Waals surface area contributed by atoms with E-state index in [0.29, 0.717) is 37.9 Å². The predicted octanol–water partition coefficient (Wildman–Crippen LogP) is 3.93. The van der Waals surface area contributed by atoms with E-state index >= 15 is 0 Å². The van der Waals surface area contributed by atoms with Crippen LogP contribution in [0.1, 0.15) is 78.3 Å². The van der Waals surface area contributed by atoms with E-state index in [1.807, 2.05) is 13.0 Å². The van der Waals surface area contributed by atoms with E-state index < -0.39 is 105 Å². The molecule has 1 aromatic carbocycles. The maximum absolute atomic E-state index is 14.6. The number of hydrogen-bond acceptors (Lipinski definition) is 11. The minimum absolute atomic E-state index is 0.0147. The summed E-state index contributed by atoms with van der Waals surface area (Å²) in [6.07, 6.45) is -2.83.